The van der Waals surface area contributed by atoms with E-state index in [1.807, 2.05) is 0 Å². The van der Waals surface area contributed by atoms with E-state index in [4.69, 9.17) is 16.3 Å². The fourth-order valence-electron chi connectivity index (χ4n) is 1.37. The Labute approximate surface area is 117 Å². The lowest BCUT2D eigenvalue weighted by atomic mass is 10.3. The number of alkyl halides is 1. The molecule has 0 unspecified atom stereocenters. The third kappa shape index (κ3) is 6.10. The molecule has 0 spiro atoms. The van der Waals surface area contributed by atoms with Gasteiger partial charge in [-0.05, 0) is 30.7 Å². The minimum atomic E-state index is -0.274. The molecule has 5 nitrogen and oxygen atoms in total. The summed E-state index contributed by atoms with van der Waals surface area (Å²) in [6.45, 7) is -0.0485. The molecule has 0 aliphatic rings. The number of halogens is 1. The predicted molar refractivity (Wildman–Crippen MR) is 74.6 cm³/mol. The quantitative estimate of drug-likeness (QED) is 0.750. The number of ether oxygens (including phenoxy) is 1. The molecule has 0 saturated carbocycles. The van der Waals surface area contributed by atoms with Crippen LogP contribution in [0.4, 0.5) is 5.69 Å². The van der Waals surface area contributed by atoms with Crippen molar-refractivity contribution < 1.29 is 14.3 Å². The molecule has 0 atom stereocenters. The van der Waals surface area contributed by atoms with Crippen molar-refractivity contribution >= 4 is 29.1 Å². The molecule has 0 bridgehead atoms. The van der Waals surface area contributed by atoms with Gasteiger partial charge in [0.1, 0.15) is 5.75 Å². The Bertz CT molecular complexity index is 420. The zero-order chi connectivity index (χ0) is 14.1. The monoisotopic (exact) mass is 284 g/mol. The summed E-state index contributed by atoms with van der Waals surface area (Å²) in [5.74, 6) is 0.702. The second kappa shape index (κ2) is 8.37. The highest BCUT2D eigenvalue weighted by Gasteiger charge is 2.05. The van der Waals surface area contributed by atoms with Crippen LogP contribution in [0.1, 0.15) is 12.8 Å². The van der Waals surface area contributed by atoms with Gasteiger partial charge in [0, 0.05) is 18.0 Å². The highest BCUT2D eigenvalue weighted by molar-refractivity contribution is 6.17. The van der Waals surface area contributed by atoms with Crippen LogP contribution in [0, 0.1) is 0 Å². The van der Waals surface area contributed by atoms with Crippen molar-refractivity contribution in [2.45, 2.75) is 12.8 Å². The van der Waals surface area contributed by atoms with E-state index in [0.717, 1.165) is 0 Å². The molecule has 1 rings (SSSR count). The van der Waals surface area contributed by atoms with E-state index in [-0.39, 0.29) is 18.4 Å². The number of anilines is 1. The topological polar surface area (TPSA) is 67.4 Å². The minimum absolute atomic E-state index is 0.0485. The third-order valence-electron chi connectivity index (χ3n) is 2.36. The summed E-state index contributed by atoms with van der Waals surface area (Å²) in [6, 6.07) is 6.95. The van der Waals surface area contributed by atoms with Gasteiger partial charge in [0.2, 0.25) is 11.8 Å². The Morgan fingerprint density at radius 1 is 1.21 bits per heavy atom. The Balaban J connectivity index is 2.32. The van der Waals surface area contributed by atoms with E-state index in [0.29, 0.717) is 30.2 Å². The van der Waals surface area contributed by atoms with Crippen molar-refractivity contribution in [3.63, 3.8) is 0 Å². The Kier molecular flexibility index (Phi) is 6.74. The van der Waals surface area contributed by atoms with E-state index in [1.165, 1.54) is 0 Å². The Hall–Kier alpha value is -1.75. The van der Waals surface area contributed by atoms with Gasteiger partial charge in [-0.1, -0.05) is 0 Å². The summed E-state index contributed by atoms with van der Waals surface area (Å²) < 4.78 is 5.01. The molecule has 0 aromatic heterocycles. The summed E-state index contributed by atoms with van der Waals surface area (Å²) in [5.41, 5.74) is 0.654. The van der Waals surface area contributed by atoms with Gasteiger partial charge in [-0.15, -0.1) is 11.6 Å². The van der Waals surface area contributed by atoms with Crippen LogP contribution in [0.5, 0.6) is 5.75 Å². The van der Waals surface area contributed by atoms with Crippen LogP contribution in [-0.2, 0) is 9.59 Å². The van der Waals surface area contributed by atoms with Gasteiger partial charge in [-0.2, -0.15) is 0 Å². The van der Waals surface area contributed by atoms with Crippen LogP contribution in [-0.4, -0.2) is 31.3 Å². The molecular weight excluding hydrogens is 268 g/mol. The van der Waals surface area contributed by atoms with Crippen molar-refractivity contribution in [2.24, 2.45) is 0 Å². The van der Waals surface area contributed by atoms with E-state index < -0.39 is 0 Å². The van der Waals surface area contributed by atoms with Crippen LogP contribution in [0.15, 0.2) is 24.3 Å². The van der Waals surface area contributed by atoms with Crippen molar-refractivity contribution in [2.75, 3.05) is 24.9 Å². The number of amides is 2. The smallest absolute Gasteiger partial charge is 0.243 e. The number of rotatable bonds is 7. The highest BCUT2D eigenvalue weighted by atomic mass is 35.5. The summed E-state index contributed by atoms with van der Waals surface area (Å²) >= 11 is 5.47. The third-order valence-corrected chi connectivity index (χ3v) is 2.62. The molecule has 1 aromatic rings. The van der Waals surface area contributed by atoms with Gasteiger partial charge in [-0.3, -0.25) is 9.59 Å². The largest absolute Gasteiger partial charge is 0.497 e. The molecule has 0 saturated heterocycles. The van der Waals surface area contributed by atoms with Gasteiger partial charge in [0.15, 0.2) is 0 Å². The van der Waals surface area contributed by atoms with E-state index in [9.17, 15) is 9.59 Å². The Morgan fingerprint density at radius 2 is 1.89 bits per heavy atom. The van der Waals surface area contributed by atoms with Gasteiger partial charge < -0.3 is 15.4 Å². The van der Waals surface area contributed by atoms with Crippen LogP contribution >= 0.6 is 11.6 Å². The van der Waals surface area contributed by atoms with Crippen molar-refractivity contribution in [1.29, 1.82) is 0 Å². The zero-order valence-electron chi connectivity index (χ0n) is 10.7. The van der Waals surface area contributed by atoms with Crippen LogP contribution < -0.4 is 15.4 Å². The standard InChI is InChI=1S/C13H17ClN2O3/c1-19-11-6-4-10(5-7-11)16-13(18)9-15-12(17)3-2-8-14/h4-7H,2-3,8-9H2,1H3,(H,15,17)(H,16,18). The SMILES string of the molecule is COc1ccc(NC(=O)CNC(=O)CCCCl)cc1. The molecule has 0 radical (unpaired) electrons. The summed E-state index contributed by atoms with van der Waals surface area (Å²) in [7, 11) is 1.57. The molecule has 0 aliphatic heterocycles. The second-order valence-corrected chi connectivity index (χ2v) is 4.22. The number of carbonyl (C=O) groups excluding carboxylic acids is 2. The predicted octanol–water partition coefficient (Wildman–Crippen LogP) is 1.77. The molecule has 0 fully saturated rings. The number of nitrogens with one attached hydrogen (secondary N) is 2. The number of methoxy groups -OCH3 is 1. The lowest BCUT2D eigenvalue weighted by molar-refractivity contribution is -0.124. The first-order valence-corrected chi connectivity index (χ1v) is 6.45. The van der Waals surface area contributed by atoms with E-state index >= 15 is 0 Å². The molecule has 19 heavy (non-hydrogen) atoms. The zero-order valence-corrected chi connectivity index (χ0v) is 11.5. The lowest BCUT2D eigenvalue weighted by Crippen LogP contribution is -2.32. The number of hydrogen-bond acceptors (Lipinski definition) is 3. The Morgan fingerprint density at radius 3 is 2.47 bits per heavy atom. The fourth-order valence-corrected chi connectivity index (χ4v) is 1.51. The maximum absolute atomic E-state index is 11.6. The molecule has 0 heterocycles. The van der Waals surface area contributed by atoms with Crippen LogP contribution in [0.3, 0.4) is 0 Å². The average molecular weight is 285 g/mol. The summed E-state index contributed by atoms with van der Waals surface area (Å²) in [6.07, 6.45) is 0.937. The normalized spacial score (nSPS) is 9.79. The number of carbonyl (C=O) groups is 2. The van der Waals surface area contributed by atoms with E-state index in [1.54, 1.807) is 31.4 Å². The first-order chi connectivity index (χ1) is 9.15. The highest BCUT2D eigenvalue weighted by Crippen LogP contribution is 2.14. The van der Waals surface area contributed by atoms with Crippen molar-refractivity contribution in [1.82, 2.24) is 5.32 Å². The number of benzene rings is 1. The molecule has 0 aliphatic carbocycles. The van der Waals surface area contributed by atoms with Gasteiger partial charge in [0.25, 0.3) is 0 Å². The molecular formula is C13H17ClN2O3. The molecule has 104 valence electrons. The minimum Gasteiger partial charge on any atom is -0.497 e. The first-order valence-electron chi connectivity index (χ1n) is 5.92. The van der Waals surface area contributed by atoms with Crippen LogP contribution in [0.25, 0.3) is 0 Å². The molecule has 6 heteroatoms. The molecule has 2 N–H and O–H groups in total. The van der Waals surface area contributed by atoms with Gasteiger partial charge in [0.05, 0.1) is 13.7 Å². The molecule has 1 aromatic carbocycles. The van der Waals surface area contributed by atoms with Gasteiger partial charge in [-0.25, -0.2) is 0 Å². The van der Waals surface area contributed by atoms with E-state index in [2.05, 4.69) is 10.6 Å². The fraction of sp³-hybridized carbons (Fsp3) is 0.385. The summed E-state index contributed by atoms with van der Waals surface area (Å²) in [4.78, 5) is 22.8. The first kappa shape index (κ1) is 15.3. The van der Waals surface area contributed by atoms with Crippen molar-refractivity contribution in [3.05, 3.63) is 24.3 Å². The van der Waals surface area contributed by atoms with Crippen LogP contribution in [0.2, 0.25) is 0 Å². The second-order valence-electron chi connectivity index (χ2n) is 3.85. The lowest BCUT2D eigenvalue weighted by Gasteiger charge is -2.07. The average Bonchev–Trinajstić information content (AvgIpc) is 2.43. The van der Waals surface area contributed by atoms with Crippen molar-refractivity contribution in [3.8, 4) is 5.75 Å². The maximum atomic E-state index is 11.6. The summed E-state index contributed by atoms with van der Waals surface area (Å²) in [5, 5.41) is 5.20. The van der Waals surface area contributed by atoms with Gasteiger partial charge >= 0.3 is 0 Å². The molecule has 2 amide bonds. The maximum Gasteiger partial charge on any atom is 0.243 e. The number of hydrogen-bond donors (Lipinski definition) is 2.